The number of nitrogens with zero attached hydrogens (tertiary/aromatic N) is 5. The van der Waals surface area contributed by atoms with E-state index >= 15 is 0 Å². The van der Waals surface area contributed by atoms with Gasteiger partial charge < -0.3 is 88.1 Å². The molecule has 6 fully saturated rings. The second-order valence-corrected chi connectivity index (χ2v) is 33.9. The van der Waals surface area contributed by atoms with Crippen LogP contribution in [0.1, 0.15) is 184 Å². The Bertz CT molecular complexity index is 3980. The van der Waals surface area contributed by atoms with Gasteiger partial charge in [0.2, 0.25) is 53.2 Å². The zero-order valence-corrected chi connectivity index (χ0v) is 67.2. The van der Waals surface area contributed by atoms with E-state index in [1.807, 2.05) is 91.8 Å². The highest BCUT2D eigenvalue weighted by atomic mass is 35.5. The van der Waals surface area contributed by atoms with Gasteiger partial charge in [0.1, 0.15) is 48.5 Å². The fraction of sp³-hybridized carbons (Fsp3) is 0.600. The number of halogens is 2. The number of para-hydroxylation sites is 4. The second-order valence-electron chi connectivity index (χ2n) is 32.7. The summed E-state index contributed by atoms with van der Waals surface area (Å²) in [5.41, 5.74) is 7.32. The molecule has 2 unspecified atom stereocenters. The Balaban J connectivity index is 0.000000236. The number of aromatic amines is 1. The summed E-state index contributed by atoms with van der Waals surface area (Å²) in [6.45, 7) is 15.0. The van der Waals surface area contributed by atoms with Crippen LogP contribution in [0.3, 0.4) is 0 Å². The van der Waals surface area contributed by atoms with Gasteiger partial charge in [-0.2, -0.15) is 0 Å². The molecule has 8 amide bonds. The van der Waals surface area contributed by atoms with Crippen LogP contribution in [0, 0.1) is 22.7 Å². The van der Waals surface area contributed by atoms with E-state index in [1.54, 1.807) is 36.4 Å². The molecule has 6 aliphatic rings. The molecular weight excluding hydrogens is 1480 g/mol. The smallest absolute Gasteiger partial charge is 0.251 e. The van der Waals surface area contributed by atoms with Gasteiger partial charge in [0.25, 0.3) is 11.8 Å². The average molecular weight is 1590 g/mol. The topological polar surface area (TPSA) is 391 Å². The van der Waals surface area contributed by atoms with Crippen LogP contribution in [-0.4, -0.2) is 190 Å². The van der Waals surface area contributed by atoms with Crippen LogP contribution in [0.5, 0.6) is 11.8 Å². The predicted molar refractivity (Wildman–Crippen MR) is 429 cm³/mol. The SMILES string of the molecule is CCC[C@H](NC(=O)[C@@H]1C[C@@H](Oc2ccc(Cl)cn2)CN1C(=O)[C@@H](NC(=O)[C@@H](NC(=S)Nc1ccccc1N)C1CCCCC1)C(C)(C)C)C(O)C(=O)NC1CC1.CCC[C@H](NC(=O)[C@@H]1C[C@@H](Oc2ccc(Cl)cn2)CN1C(=O)[C@@H](NC(=O)[C@@H](Nc1nc2ccccc2[nH]1)C1CCCCC1)C(C)(C)C)C(O)C(=O)NC1CC1. The zero-order valence-electron chi connectivity index (χ0n) is 64.8. The molecule has 0 bridgehead atoms. The lowest BCUT2D eigenvalue weighted by atomic mass is 9.82. The van der Waals surface area contributed by atoms with Crippen molar-refractivity contribution in [2.24, 2.45) is 22.7 Å². The number of ether oxygens (including phenoxy) is 2. The van der Waals surface area contributed by atoms with Gasteiger partial charge in [-0.25, -0.2) is 15.0 Å². The highest BCUT2D eigenvalue weighted by Gasteiger charge is 2.50. The van der Waals surface area contributed by atoms with Gasteiger partial charge in [0, 0.05) is 49.5 Å². The molecule has 4 saturated carbocycles. The van der Waals surface area contributed by atoms with Crippen molar-refractivity contribution < 1.29 is 58.0 Å². The number of hydrogen-bond acceptors (Lipinski definition) is 18. The third-order valence-electron chi connectivity index (χ3n) is 21.5. The lowest BCUT2D eigenvalue weighted by Crippen LogP contribution is -2.62. The number of aromatic nitrogens is 4. The predicted octanol–water partition coefficient (Wildman–Crippen LogP) is 8.53. The summed E-state index contributed by atoms with van der Waals surface area (Å²) >= 11 is 17.8. The van der Waals surface area contributed by atoms with Crippen LogP contribution in [0.4, 0.5) is 17.3 Å². The summed E-state index contributed by atoms with van der Waals surface area (Å²) in [4.78, 5) is 132. The van der Waals surface area contributed by atoms with E-state index in [1.165, 1.54) is 22.2 Å². The van der Waals surface area contributed by atoms with Crippen LogP contribution in [0.15, 0.2) is 85.2 Å². The number of likely N-dealkylation sites (tertiary alicyclic amines) is 2. The van der Waals surface area contributed by atoms with E-state index in [-0.39, 0.29) is 78.5 Å². The van der Waals surface area contributed by atoms with E-state index in [0.29, 0.717) is 53.1 Å². The molecule has 14 N–H and O–H groups in total. The minimum Gasteiger partial charge on any atom is -0.472 e. The fourth-order valence-corrected chi connectivity index (χ4v) is 15.5. The number of nitrogens with two attached hydrogens (primary N) is 1. The third kappa shape index (κ3) is 23.7. The van der Waals surface area contributed by atoms with Crippen molar-refractivity contribution in [1.82, 2.24) is 67.0 Å². The number of imidazole rings is 1. The van der Waals surface area contributed by atoms with Crippen LogP contribution in [0.2, 0.25) is 10.0 Å². The van der Waals surface area contributed by atoms with Crippen molar-refractivity contribution in [3.8, 4) is 11.8 Å². The molecule has 2 aliphatic heterocycles. The summed E-state index contributed by atoms with van der Waals surface area (Å²) in [5.74, 6) is -2.75. The first-order valence-electron chi connectivity index (χ1n) is 39.4. The minimum absolute atomic E-state index is 0.0175. The standard InChI is InChI=1S/C40H57ClN8O6S.C40H55ClN8O6/c1-5-11-29(33(50)37(53)44-25-17-18-25)45-35(51)30-20-26(55-31-19-16-24(41)21-43-31)22-49(30)38(54)34(40(2,3)4)48-36(52)32(23-12-7-6-8-13-23)47-39(56)46-28-15-10-9-14-27(28)42;1-5-11-29(33(50)37(53)43-25-17-18-25)44-35(51)30-20-26(55-31-19-16-24(41)21-42-31)22-49(30)38(54)34(40(2,3)4)48-36(52)32(23-12-7-6-8-13-23)47-39-45-27-14-9-10-15-28(27)46-39/h9-10,14-16,19,21,23,25-26,29-30,32-34,50H,5-8,11-13,17-18,20,22,42H2,1-4H3,(H,44,53)(H,45,51)(H,48,52)(H2,46,47,56);9-10,14-16,19,21,23,25-26,29-30,32-34,50H,5-8,11-13,17-18,20,22H2,1-4H3,(H,43,53)(H,44,51)(H,48,52)(H2,45,46,47)/t2*26-,29+,30+,32+,33?,34-/m11/s1. The van der Waals surface area contributed by atoms with Crippen molar-refractivity contribution in [3.63, 3.8) is 0 Å². The number of hydrogen-bond donors (Lipinski definition) is 13. The Hall–Kier alpha value is -8.64. The zero-order chi connectivity index (χ0) is 79.8. The van der Waals surface area contributed by atoms with Gasteiger partial charge in [-0.1, -0.05) is 154 Å². The first kappa shape index (κ1) is 84.8. The number of thiocarbonyl (C=S) groups is 1. The van der Waals surface area contributed by atoms with E-state index in [4.69, 9.17) is 50.6 Å². The highest BCUT2D eigenvalue weighted by molar-refractivity contribution is 7.80. The maximum Gasteiger partial charge on any atom is 0.251 e. The number of fused-ring (bicyclic) bond motifs is 1. The summed E-state index contributed by atoms with van der Waals surface area (Å²) in [6.07, 6.45) is 13.7. The maximum atomic E-state index is 14.8. The number of anilines is 3. The molecule has 5 aromatic rings. The molecule has 5 heterocycles. The van der Waals surface area contributed by atoms with Crippen molar-refractivity contribution in [2.75, 3.05) is 29.5 Å². The number of carbonyl (C=O) groups excluding carboxylic acids is 8. The molecule has 2 saturated heterocycles. The molecule has 2 aromatic carbocycles. The lowest BCUT2D eigenvalue weighted by molar-refractivity contribution is -0.145. The van der Waals surface area contributed by atoms with Crippen LogP contribution in [-0.2, 0) is 38.4 Å². The van der Waals surface area contributed by atoms with E-state index in [9.17, 15) is 48.6 Å². The van der Waals surface area contributed by atoms with Gasteiger partial charge in [-0.3, -0.25) is 38.4 Å². The molecule has 604 valence electrons. The molecule has 31 heteroatoms. The summed E-state index contributed by atoms with van der Waals surface area (Å²) in [7, 11) is 0. The quantitative estimate of drug-likeness (QED) is 0.0151. The molecule has 111 heavy (non-hydrogen) atoms. The Morgan fingerprint density at radius 1 is 0.577 bits per heavy atom. The first-order chi connectivity index (χ1) is 52.9. The van der Waals surface area contributed by atoms with Gasteiger partial charge in [-0.15, -0.1) is 0 Å². The van der Waals surface area contributed by atoms with E-state index in [2.05, 4.69) is 67.8 Å². The molecule has 3 aromatic heterocycles. The van der Waals surface area contributed by atoms with Crippen molar-refractivity contribution in [2.45, 2.75) is 269 Å². The van der Waals surface area contributed by atoms with Gasteiger partial charge in [0.05, 0.1) is 57.6 Å². The number of carbonyl (C=O) groups is 8. The molecule has 0 radical (unpaired) electrons. The number of amides is 8. The summed E-state index contributed by atoms with van der Waals surface area (Å²) in [5, 5.41) is 50.4. The molecule has 4 aliphatic carbocycles. The van der Waals surface area contributed by atoms with Gasteiger partial charge in [-0.05, 0) is 135 Å². The Morgan fingerprint density at radius 2 is 1.02 bits per heavy atom. The molecule has 12 atom stereocenters. The number of nitrogen functional groups attached to an aromatic ring is 1. The Kier molecular flexibility index (Phi) is 29.6. The molecule has 0 spiro atoms. The van der Waals surface area contributed by atoms with Gasteiger partial charge in [0.15, 0.2) is 17.3 Å². The molecule has 28 nitrogen and oxygen atoms in total. The number of aliphatic hydroxyl groups excluding tert-OH is 2. The molecule has 11 rings (SSSR count). The summed E-state index contributed by atoms with van der Waals surface area (Å²) in [6, 6.07) is 14.1. The number of nitrogens with one attached hydrogen (secondary N) is 10. The van der Waals surface area contributed by atoms with Crippen LogP contribution >= 0.6 is 35.4 Å². The number of benzene rings is 2. The monoisotopic (exact) mass is 1590 g/mol. The van der Waals surface area contributed by atoms with Crippen molar-refractivity contribution >= 4 is 116 Å². The number of aliphatic hydroxyl groups is 2. The third-order valence-corrected chi connectivity index (χ3v) is 22.1. The largest absolute Gasteiger partial charge is 0.472 e. The fourth-order valence-electron chi connectivity index (χ4n) is 15.0. The average Bonchev–Trinajstić information content (AvgIpc) is 1.66. The van der Waals surface area contributed by atoms with Gasteiger partial charge >= 0.3 is 0 Å². The van der Waals surface area contributed by atoms with Crippen molar-refractivity contribution in [3.05, 3.63) is 95.2 Å². The van der Waals surface area contributed by atoms with Crippen LogP contribution < -0.4 is 63.1 Å². The Morgan fingerprint density at radius 3 is 1.44 bits per heavy atom. The van der Waals surface area contributed by atoms with E-state index in [0.717, 1.165) is 101 Å². The lowest BCUT2D eigenvalue weighted by Gasteiger charge is -2.38. The first-order valence-corrected chi connectivity index (χ1v) is 40.6. The minimum atomic E-state index is -1.47. The highest BCUT2D eigenvalue weighted by Crippen LogP contribution is 2.35. The molecular formula is C80H112Cl2N16O12S. The normalized spacial score (nSPS) is 21.1. The van der Waals surface area contributed by atoms with E-state index < -0.39 is 119 Å². The summed E-state index contributed by atoms with van der Waals surface area (Å²) < 4.78 is 12.3. The second kappa shape index (κ2) is 38.7. The maximum absolute atomic E-state index is 14.8. The van der Waals surface area contributed by atoms with Crippen molar-refractivity contribution in [1.29, 1.82) is 0 Å². The Labute approximate surface area is 665 Å². The number of H-pyrrole nitrogens is 1. The number of pyridine rings is 2. The number of rotatable bonds is 30. The van der Waals surface area contributed by atoms with Crippen LogP contribution in [0.25, 0.3) is 11.0 Å².